The Bertz CT molecular complexity index is 979. The number of halogens is 3. The van der Waals surface area contributed by atoms with E-state index in [-0.39, 0.29) is 11.8 Å². The highest BCUT2D eigenvalue weighted by Crippen LogP contribution is 2.34. The second-order valence-electron chi connectivity index (χ2n) is 7.12. The molecule has 9 heteroatoms. The average molecular weight is 431 g/mol. The van der Waals surface area contributed by atoms with Gasteiger partial charge in [-0.3, -0.25) is 4.98 Å². The first kappa shape index (κ1) is 22.5. The second-order valence-corrected chi connectivity index (χ2v) is 7.12. The maximum absolute atomic E-state index is 13.4. The number of aliphatic hydroxyl groups excluding tert-OH is 1. The Balaban J connectivity index is 1.74. The van der Waals surface area contributed by atoms with Crippen LogP contribution in [0.2, 0.25) is 0 Å². The first-order valence-corrected chi connectivity index (χ1v) is 9.91. The largest absolute Gasteiger partial charge is 0.421 e. The van der Waals surface area contributed by atoms with Crippen molar-refractivity contribution in [1.29, 1.82) is 0 Å². The van der Waals surface area contributed by atoms with Gasteiger partial charge in [0.2, 0.25) is 5.95 Å². The quantitative estimate of drug-likeness (QED) is 0.478. The summed E-state index contributed by atoms with van der Waals surface area (Å²) in [6, 6.07) is 12.8. The van der Waals surface area contributed by atoms with Gasteiger partial charge in [-0.1, -0.05) is 37.3 Å². The van der Waals surface area contributed by atoms with Gasteiger partial charge in [0.1, 0.15) is 11.4 Å². The van der Waals surface area contributed by atoms with Crippen LogP contribution in [0.15, 0.2) is 54.9 Å². The van der Waals surface area contributed by atoms with Gasteiger partial charge in [0.05, 0.1) is 17.8 Å². The van der Waals surface area contributed by atoms with Crippen molar-refractivity contribution in [3.63, 3.8) is 0 Å². The van der Waals surface area contributed by atoms with E-state index in [1.165, 1.54) is 6.92 Å². The molecule has 0 fully saturated rings. The van der Waals surface area contributed by atoms with E-state index in [0.29, 0.717) is 13.0 Å². The molecule has 2 heterocycles. The third-order valence-electron chi connectivity index (χ3n) is 4.80. The lowest BCUT2D eigenvalue weighted by Gasteiger charge is -2.23. The molecule has 2 aromatic heterocycles. The van der Waals surface area contributed by atoms with Crippen LogP contribution in [-0.2, 0) is 12.7 Å². The van der Waals surface area contributed by atoms with Crippen LogP contribution < -0.4 is 10.6 Å². The van der Waals surface area contributed by atoms with Crippen molar-refractivity contribution in [1.82, 2.24) is 15.0 Å². The lowest BCUT2D eigenvalue weighted by molar-refractivity contribution is -0.137. The summed E-state index contributed by atoms with van der Waals surface area (Å²) in [5, 5.41) is 15.4. The van der Waals surface area contributed by atoms with Gasteiger partial charge in [0, 0.05) is 24.5 Å². The fourth-order valence-corrected chi connectivity index (χ4v) is 3.03. The Labute approximate surface area is 178 Å². The molecule has 164 valence electrons. The van der Waals surface area contributed by atoms with Gasteiger partial charge in [-0.05, 0) is 31.0 Å². The van der Waals surface area contributed by atoms with Crippen molar-refractivity contribution in [2.24, 2.45) is 0 Å². The summed E-state index contributed by atoms with van der Waals surface area (Å²) in [6.07, 6.45) is -2.55. The summed E-state index contributed by atoms with van der Waals surface area (Å²) in [5.74, 6) is -0.298. The molecule has 0 aliphatic rings. The molecule has 0 bridgehead atoms. The van der Waals surface area contributed by atoms with Crippen LogP contribution in [0, 0.1) is 0 Å². The van der Waals surface area contributed by atoms with Gasteiger partial charge in [0.15, 0.2) is 0 Å². The monoisotopic (exact) mass is 431 g/mol. The van der Waals surface area contributed by atoms with Crippen molar-refractivity contribution in [3.05, 3.63) is 66.0 Å². The Morgan fingerprint density at radius 2 is 1.81 bits per heavy atom. The number of rotatable bonds is 8. The van der Waals surface area contributed by atoms with Gasteiger partial charge in [0.25, 0.3) is 0 Å². The van der Waals surface area contributed by atoms with Crippen LogP contribution in [0.5, 0.6) is 0 Å². The standard InChI is InChI=1S/C22H24F3N5O/c1-3-18(14(2)31)29-20-17(22(23,24)25)13-28-21(30-20)27-12-15-7-9-16(10-8-15)19-6-4-5-11-26-19/h4-11,13-14,18,31H,3,12H2,1-2H3,(H2,27,28,29,30)/t14-,18-/m1/s1. The number of aromatic nitrogens is 3. The third kappa shape index (κ3) is 5.91. The molecule has 1 aromatic carbocycles. The van der Waals surface area contributed by atoms with Gasteiger partial charge in [-0.15, -0.1) is 0 Å². The predicted octanol–water partition coefficient (Wildman–Crippen LogP) is 4.74. The van der Waals surface area contributed by atoms with E-state index in [0.717, 1.165) is 23.0 Å². The maximum atomic E-state index is 13.4. The lowest BCUT2D eigenvalue weighted by atomic mass is 10.1. The molecule has 3 aromatic rings. The molecular formula is C22H24F3N5O. The smallest absolute Gasteiger partial charge is 0.391 e. The van der Waals surface area contributed by atoms with Crippen molar-refractivity contribution in [2.45, 2.75) is 45.1 Å². The summed E-state index contributed by atoms with van der Waals surface area (Å²) in [4.78, 5) is 12.1. The molecule has 0 radical (unpaired) electrons. The molecular weight excluding hydrogens is 407 g/mol. The minimum atomic E-state index is -4.61. The van der Waals surface area contributed by atoms with Crippen LogP contribution in [-0.4, -0.2) is 32.2 Å². The number of nitrogens with one attached hydrogen (secondary N) is 2. The molecule has 3 N–H and O–H groups in total. The van der Waals surface area contributed by atoms with Crippen molar-refractivity contribution in [2.75, 3.05) is 10.6 Å². The molecule has 0 saturated heterocycles. The zero-order chi connectivity index (χ0) is 22.4. The number of pyridine rings is 1. The number of hydrogen-bond donors (Lipinski definition) is 3. The van der Waals surface area contributed by atoms with E-state index in [4.69, 9.17) is 0 Å². The molecule has 0 amide bonds. The van der Waals surface area contributed by atoms with Crippen LogP contribution in [0.25, 0.3) is 11.3 Å². The van der Waals surface area contributed by atoms with Crippen LogP contribution in [0.4, 0.5) is 24.9 Å². The number of hydrogen-bond acceptors (Lipinski definition) is 6. The average Bonchev–Trinajstić information content (AvgIpc) is 2.76. The van der Waals surface area contributed by atoms with E-state index in [2.05, 4.69) is 25.6 Å². The summed E-state index contributed by atoms with van der Waals surface area (Å²) in [7, 11) is 0. The maximum Gasteiger partial charge on any atom is 0.421 e. The van der Waals surface area contributed by atoms with Crippen LogP contribution in [0.1, 0.15) is 31.4 Å². The Kier molecular flexibility index (Phi) is 7.06. The van der Waals surface area contributed by atoms with Gasteiger partial charge in [-0.25, -0.2) is 4.98 Å². The zero-order valence-corrected chi connectivity index (χ0v) is 17.2. The second kappa shape index (κ2) is 9.74. The molecule has 0 unspecified atom stereocenters. The zero-order valence-electron chi connectivity index (χ0n) is 17.2. The highest BCUT2D eigenvalue weighted by Gasteiger charge is 2.36. The van der Waals surface area contributed by atoms with Gasteiger partial charge in [-0.2, -0.15) is 18.2 Å². The molecule has 0 spiro atoms. The van der Waals surface area contributed by atoms with Gasteiger partial charge < -0.3 is 15.7 Å². The van der Waals surface area contributed by atoms with Gasteiger partial charge >= 0.3 is 6.18 Å². The molecule has 0 aliphatic heterocycles. The molecule has 3 rings (SSSR count). The Hall–Kier alpha value is -3.20. The number of anilines is 2. The summed E-state index contributed by atoms with van der Waals surface area (Å²) in [6.45, 7) is 3.62. The highest BCUT2D eigenvalue weighted by molar-refractivity contribution is 5.59. The van der Waals surface area contributed by atoms with Crippen molar-refractivity contribution < 1.29 is 18.3 Å². The predicted molar refractivity (Wildman–Crippen MR) is 113 cm³/mol. The van der Waals surface area contributed by atoms with E-state index >= 15 is 0 Å². The van der Waals surface area contributed by atoms with E-state index < -0.39 is 23.9 Å². The Morgan fingerprint density at radius 1 is 1.06 bits per heavy atom. The minimum absolute atomic E-state index is 0.0600. The Morgan fingerprint density at radius 3 is 2.39 bits per heavy atom. The molecule has 2 atom stereocenters. The van der Waals surface area contributed by atoms with E-state index in [9.17, 15) is 18.3 Å². The fraction of sp³-hybridized carbons (Fsp3) is 0.318. The number of aliphatic hydroxyl groups is 1. The molecule has 0 aliphatic carbocycles. The summed E-state index contributed by atoms with van der Waals surface area (Å²) in [5.41, 5.74) is 1.75. The summed E-state index contributed by atoms with van der Waals surface area (Å²) >= 11 is 0. The van der Waals surface area contributed by atoms with E-state index in [1.807, 2.05) is 42.5 Å². The number of alkyl halides is 3. The normalized spacial score (nSPS) is 13.5. The first-order chi connectivity index (χ1) is 14.8. The number of nitrogens with zero attached hydrogens (tertiary/aromatic N) is 3. The minimum Gasteiger partial charge on any atom is -0.391 e. The number of benzene rings is 1. The topological polar surface area (TPSA) is 83.0 Å². The molecule has 0 saturated carbocycles. The van der Waals surface area contributed by atoms with Crippen LogP contribution >= 0.6 is 0 Å². The third-order valence-corrected chi connectivity index (χ3v) is 4.80. The highest BCUT2D eigenvalue weighted by atomic mass is 19.4. The van der Waals surface area contributed by atoms with Crippen molar-refractivity contribution >= 4 is 11.8 Å². The molecule has 31 heavy (non-hydrogen) atoms. The summed E-state index contributed by atoms with van der Waals surface area (Å²) < 4.78 is 40.1. The first-order valence-electron chi connectivity index (χ1n) is 9.91. The van der Waals surface area contributed by atoms with Crippen LogP contribution in [0.3, 0.4) is 0 Å². The van der Waals surface area contributed by atoms with E-state index in [1.54, 1.807) is 13.1 Å². The van der Waals surface area contributed by atoms with Crippen molar-refractivity contribution in [3.8, 4) is 11.3 Å². The molecule has 6 nitrogen and oxygen atoms in total. The SMILES string of the molecule is CC[C@@H](Nc1nc(NCc2ccc(-c3ccccn3)cc2)ncc1C(F)(F)F)[C@@H](C)O. The lowest BCUT2D eigenvalue weighted by Crippen LogP contribution is -2.32. The fourth-order valence-electron chi connectivity index (χ4n) is 3.03.